The zero-order valence-corrected chi connectivity index (χ0v) is 16.6. The minimum atomic E-state index is -3.78. The molecule has 0 saturated heterocycles. The Morgan fingerprint density at radius 3 is 2.39 bits per heavy atom. The van der Waals surface area contributed by atoms with Crippen molar-refractivity contribution in [2.75, 3.05) is 18.5 Å². The third kappa shape index (κ3) is 6.95. The number of hydrogen-bond acceptors (Lipinski definition) is 5. The van der Waals surface area contributed by atoms with Gasteiger partial charge in [0.05, 0.1) is 17.6 Å². The topological polar surface area (TPSA) is 105 Å². The molecule has 1 amide bonds. The van der Waals surface area contributed by atoms with Crippen LogP contribution >= 0.6 is 0 Å². The Morgan fingerprint density at radius 1 is 1.07 bits per heavy atom. The lowest BCUT2D eigenvalue weighted by Crippen LogP contribution is -2.28. The number of anilines is 1. The van der Waals surface area contributed by atoms with E-state index in [2.05, 4.69) is 17.0 Å². The van der Waals surface area contributed by atoms with Crippen LogP contribution in [0.3, 0.4) is 0 Å². The number of benzene rings is 2. The average molecular weight is 407 g/mol. The summed E-state index contributed by atoms with van der Waals surface area (Å²) in [6.07, 6.45) is 1.32. The van der Waals surface area contributed by atoms with Crippen LogP contribution in [0.2, 0.25) is 0 Å². The summed E-state index contributed by atoms with van der Waals surface area (Å²) in [6.45, 7) is 2.27. The summed E-state index contributed by atoms with van der Waals surface area (Å²) in [5.74, 6) is 0. The van der Waals surface area contributed by atoms with Gasteiger partial charge in [0.1, 0.15) is 0 Å². The van der Waals surface area contributed by atoms with Crippen LogP contribution in [-0.2, 0) is 14.8 Å². The third-order valence-corrected chi connectivity index (χ3v) is 5.48. The van der Waals surface area contributed by atoms with Crippen molar-refractivity contribution in [2.24, 2.45) is 0 Å². The van der Waals surface area contributed by atoms with E-state index in [0.29, 0.717) is 17.9 Å². The van der Waals surface area contributed by atoms with Crippen LogP contribution in [0.5, 0.6) is 0 Å². The smallest absolute Gasteiger partial charge is 0.411 e. The molecule has 0 aromatic heterocycles. The molecule has 0 aliphatic rings. The second kappa shape index (κ2) is 10.8. The first-order chi connectivity index (χ1) is 13.4. The van der Waals surface area contributed by atoms with Gasteiger partial charge in [0.25, 0.3) is 0 Å². The lowest BCUT2D eigenvalue weighted by Gasteiger charge is -2.13. The molecule has 152 valence electrons. The normalized spacial score (nSPS) is 12.4. The van der Waals surface area contributed by atoms with Gasteiger partial charge in [0, 0.05) is 12.2 Å². The Morgan fingerprint density at radius 2 is 1.75 bits per heavy atom. The standard InChI is InChI=1S/C20H26N2O5S/c1-2-3-7-14-27-20(24)22-17-10-12-18(13-11-17)28(25,26)21-15-19(23)16-8-5-4-6-9-16/h4-6,8-13,19,21,23H,2-3,7,14-15H2,1H3,(H,22,24)/t19-/m0/s1. The Hall–Kier alpha value is -2.42. The number of ether oxygens (including phenoxy) is 1. The molecule has 0 radical (unpaired) electrons. The van der Waals surface area contributed by atoms with Crippen LogP contribution in [0.4, 0.5) is 10.5 Å². The van der Waals surface area contributed by atoms with Crippen molar-refractivity contribution in [2.45, 2.75) is 37.2 Å². The van der Waals surface area contributed by atoms with E-state index in [9.17, 15) is 18.3 Å². The summed E-state index contributed by atoms with van der Waals surface area (Å²) in [5.41, 5.74) is 1.06. The van der Waals surface area contributed by atoms with Crippen LogP contribution in [0.1, 0.15) is 37.9 Å². The van der Waals surface area contributed by atoms with Crippen LogP contribution in [-0.4, -0.2) is 32.8 Å². The predicted octanol–water partition coefficient (Wildman–Crippen LogP) is 3.44. The van der Waals surface area contributed by atoms with Crippen molar-refractivity contribution in [1.82, 2.24) is 4.72 Å². The lowest BCUT2D eigenvalue weighted by molar-refractivity contribution is 0.159. The fraction of sp³-hybridized carbons (Fsp3) is 0.350. The van der Waals surface area contributed by atoms with E-state index in [1.807, 2.05) is 6.07 Å². The monoisotopic (exact) mass is 406 g/mol. The minimum absolute atomic E-state index is 0.0367. The Bertz CT molecular complexity index is 839. The third-order valence-electron chi connectivity index (χ3n) is 4.04. The molecule has 0 unspecified atom stereocenters. The van der Waals surface area contributed by atoms with E-state index in [4.69, 9.17) is 4.74 Å². The number of sulfonamides is 1. The van der Waals surface area contributed by atoms with Crippen LogP contribution in [0.15, 0.2) is 59.5 Å². The molecule has 0 aliphatic heterocycles. The highest BCUT2D eigenvalue weighted by atomic mass is 32.2. The number of unbranched alkanes of at least 4 members (excludes halogenated alkanes) is 2. The molecule has 2 aromatic carbocycles. The summed E-state index contributed by atoms with van der Waals surface area (Å²) >= 11 is 0. The van der Waals surface area contributed by atoms with Crippen LogP contribution in [0.25, 0.3) is 0 Å². The maximum absolute atomic E-state index is 12.4. The highest BCUT2D eigenvalue weighted by molar-refractivity contribution is 7.89. The van der Waals surface area contributed by atoms with E-state index >= 15 is 0 Å². The van der Waals surface area contributed by atoms with Gasteiger partial charge < -0.3 is 9.84 Å². The zero-order valence-electron chi connectivity index (χ0n) is 15.8. The fourth-order valence-corrected chi connectivity index (χ4v) is 3.49. The van der Waals surface area contributed by atoms with E-state index in [0.717, 1.165) is 19.3 Å². The van der Waals surface area contributed by atoms with E-state index < -0.39 is 22.2 Å². The minimum Gasteiger partial charge on any atom is -0.449 e. The molecule has 3 N–H and O–H groups in total. The van der Waals surface area contributed by atoms with E-state index in [1.54, 1.807) is 24.3 Å². The molecule has 0 heterocycles. The SMILES string of the molecule is CCCCCOC(=O)Nc1ccc(S(=O)(=O)NC[C@H](O)c2ccccc2)cc1. The first-order valence-electron chi connectivity index (χ1n) is 9.19. The molecular formula is C20H26N2O5S. The van der Waals surface area contributed by atoms with Gasteiger partial charge >= 0.3 is 6.09 Å². The van der Waals surface area contributed by atoms with Gasteiger partial charge in [0.15, 0.2) is 0 Å². The first kappa shape index (κ1) is 21.9. The fourth-order valence-electron chi connectivity index (χ4n) is 2.45. The van der Waals surface area contributed by atoms with Crippen molar-refractivity contribution < 1.29 is 23.1 Å². The molecule has 0 saturated carbocycles. The zero-order chi connectivity index (χ0) is 20.4. The molecule has 0 fully saturated rings. The Kier molecular flexibility index (Phi) is 8.43. The molecule has 8 heteroatoms. The van der Waals surface area contributed by atoms with E-state index in [1.165, 1.54) is 24.3 Å². The van der Waals surface area contributed by atoms with Crippen molar-refractivity contribution >= 4 is 21.8 Å². The maximum atomic E-state index is 12.4. The number of nitrogens with one attached hydrogen (secondary N) is 2. The van der Waals surface area contributed by atoms with Crippen molar-refractivity contribution in [1.29, 1.82) is 0 Å². The largest absolute Gasteiger partial charge is 0.449 e. The molecule has 0 bridgehead atoms. The number of rotatable bonds is 10. The summed E-state index contributed by atoms with van der Waals surface area (Å²) in [5, 5.41) is 12.6. The predicted molar refractivity (Wildman–Crippen MR) is 108 cm³/mol. The quantitative estimate of drug-likeness (QED) is 0.524. The first-order valence-corrected chi connectivity index (χ1v) is 10.7. The Balaban J connectivity index is 1.87. The number of carbonyl (C=O) groups is 1. The van der Waals surface area contributed by atoms with Gasteiger partial charge in [-0.15, -0.1) is 0 Å². The lowest BCUT2D eigenvalue weighted by atomic mass is 10.1. The second-order valence-corrected chi connectivity index (χ2v) is 8.04. The van der Waals surface area contributed by atoms with Crippen LogP contribution < -0.4 is 10.0 Å². The van der Waals surface area contributed by atoms with Crippen LogP contribution in [0, 0.1) is 0 Å². The average Bonchev–Trinajstić information content (AvgIpc) is 2.70. The molecule has 2 aromatic rings. The van der Waals surface area contributed by atoms with Gasteiger partial charge in [-0.3, -0.25) is 5.32 Å². The number of carbonyl (C=O) groups excluding carboxylic acids is 1. The molecule has 2 rings (SSSR count). The van der Waals surface area contributed by atoms with Gasteiger partial charge in [0.2, 0.25) is 10.0 Å². The van der Waals surface area contributed by atoms with Gasteiger partial charge in [-0.1, -0.05) is 50.1 Å². The van der Waals surface area contributed by atoms with Gasteiger partial charge in [-0.25, -0.2) is 17.9 Å². The molecule has 28 heavy (non-hydrogen) atoms. The molecule has 0 spiro atoms. The maximum Gasteiger partial charge on any atom is 0.411 e. The van der Waals surface area contributed by atoms with Gasteiger partial charge in [-0.05, 0) is 36.2 Å². The molecular weight excluding hydrogens is 380 g/mol. The summed E-state index contributed by atoms with van der Waals surface area (Å²) in [4.78, 5) is 11.7. The molecule has 0 aliphatic carbocycles. The Labute approximate surface area is 165 Å². The summed E-state index contributed by atoms with van der Waals surface area (Å²) < 4.78 is 32.2. The number of aliphatic hydroxyl groups is 1. The number of aliphatic hydroxyl groups excluding tert-OH is 1. The highest BCUT2D eigenvalue weighted by Gasteiger charge is 2.17. The molecule has 1 atom stereocenters. The summed E-state index contributed by atoms with van der Waals surface area (Å²) in [6, 6.07) is 14.5. The highest BCUT2D eigenvalue weighted by Crippen LogP contribution is 2.16. The van der Waals surface area contributed by atoms with Gasteiger partial charge in [-0.2, -0.15) is 0 Å². The van der Waals surface area contributed by atoms with Crippen molar-refractivity contribution in [3.05, 3.63) is 60.2 Å². The number of hydrogen-bond donors (Lipinski definition) is 3. The van der Waals surface area contributed by atoms with Crippen molar-refractivity contribution in [3.63, 3.8) is 0 Å². The van der Waals surface area contributed by atoms with E-state index in [-0.39, 0.29) is 11.4 Å². The number of amides is 1. The summed E-state index contributed by atoms with van der Waals surface area (Å²) in [7, 11) is -3.78. The van der Waals surface area contributed by atoms with Crippen molar-refractivity contribution in [3.8, 4) is 0 Å². The molecule has 7 nitrogen and oxygen atoms in total. The second-order valence-electron chi connectivity index (χ2n) is 6.27.